The second-order valence-corrected chi connectivity index (χ2v) is 8.00. The van der Waals surface area contributed by atoms with Crippen molar-refractivity contribution in [1.29, 1.82) is 0 Å². The molecule has 1 aliphatic carbocycles. The number of hydrogen-bond acceptors (Lipinski definition) is 3. The van der Waals surface area contributed by atoms with Crippen LogP contribution in [0.25, 0.3) is 11.3 Å². The lowest BCUT2D eigenvalue weighted by atomic mass is 9.98. The van der Waals surface area contributed by atoms with Gasteiger partial charge in [0.1, 0.15) is 0 Å². The van der Waals surface area contributed by atoms with E-state index in [9.17, 15) is 9.90 Å². The zero-order valence-electron chi connectivity index (χ0n) is 16.7. The maximum absolute atomic E-state index is 13.6. The normalized spacial score (nSPS) is 14.4. The van der Waals surface area contributed by atoms with Crippen LogP contribution in [-0.4, -0.2) is 34.0 Å². The molecule has 0 aliphatic heterocycles. The summed E-state index contributed by atoms with van der Waals surface area (Å²) in [5, 5.41) is 9.83. The van der Waals surface area contributed by atoms with Gasteiger partial charge in [-0.05, 0) is 49.1 Å². The number of aromatic nitrogens is 1. The molecule has 3 aromatic rings. The molecular weight excluding hydrogens is 360 g/mol. The van der Waals surface area contributed by atoms with Crippen molar-refractivity contribution in [3.63, 3.8) is 0 Å². The maximum atomic E-state index is 13.6. The predicted octanol–water partition coefficient (Wildman–Crippen LogP) is 4.47. The largest absolute Gasteiger partial charge is 0.396 e. The van der Waals surface area contributed by atoms with Crippen LogP contribution in [0, 0.1) is 12.3 Å². The molecular formula is C25H26N2O2. The summed E-state index contributed by atoms with van der Waals surface area (Å²) in [5.74, 6) is 0.00357. The highest BCUT2D eigenvalue weighted by Crippen LogP contribution is 2.46. The number of benzene rings is 2. The molecule has 1 saturated carbocycles. The fourth-order valence-electron chi connectivity index (χ4n) is 3.79. The van der Waals surface area contributed by atoms with Crippen molar-refractivity contribution >= 4 is 5.91 Å². The molecule has 1 amide bonds. The Hall–Kier alpha value is -2.98. The summed E-state index contributed by atoms with van der Waals surface area (Å²) in [6.07, 6.45) is 3.70. The van der Waals surface area contributed by atoms with Crippen molar-refractivity contribution in [2.45, 2.75) is 26.3 Å². The molecule has 2 aromatic carbocycles. The topological polar surface area (TPSA) is 53.4 Å². The van der Waals surface area contributed by atoms with Gasteiger partial charge in [-0.2, -0.15) is 0 Å². The Kier molecular flexibility index (Phi) is 5.45. The van der Waals surface area contributed by atoms with E-state index in [-0.39, 0.29) is 17.9 Å². The van der Waals surface area contributed by atoms with Crippen molar-refractivity contribution in [2.24, 2.45) is 5.41 Å². The summed E-state index contributed by atoms with van der Waals surface area (Å²) in [4.78, 5) is 19.9. The Morgan fingerprint density at radius 2 is 1.79 bits per heavy atom. The van der Waals surface area contributed by atoms with Crippen LogP contribution in [0.1, 0.15) is 34.3 Å². The van der Waals surface area contributed by atoms with Crippen molar-refractivity contribution in [3.05, 3.63) is 89.6 Å². The van der Waals surface area contributed by atoms with Crippen molar-refractivity contribution in [2.75, 3.05) is 13.2 Å². The van der Waals surface area contributed by atoms with E-state index in [1.807, 2.05) is 78.6 Å². The van der Waals surface area contributed by atoms with E-state index in [4.69, 9.17) is 0 Å². The second kappa shape index (κ2) is 8.18. The number of nitrogens with zero attached hydrogens (tertiary/aromatic N) is 2. The van der Waals surface area contributed by atoms with Gasteiger partial charge in [0.2, 0.25) is 0 Å². The average Bonchev–Trinajstić information content (AvgIpc) is 3.54. The minimum absolute atomic E-state index is 0.00357. The number of pyridine rings is 1. The molecule has 0 unspecified atom stereocenters. The van der Waals surface area contributed by atoms with E-state index in [1.165, 1.54) is 0 Å². The number of aliphatic hydroxyl groups is 1. The lowest BCUT2D eigenvalue weighted by Crippen LogP contribution is -2.37. The highest BCUT2D eigenvalue weighted by molar-refractivity contribution is 5.97. The van der Waals surface area contributed by atoms with Gasteiger partial charge >= 0.3 is 0 Å². The second-order valence-electron chi connectivity index (χ2n) is 8.00. The molecule has 1 aromatic heterocycles. The van der Waals surface area contributed by atoms with Gasteiger partial charge in [-0.3, -0.25) is 9.78 Å². The van der Waals surface area contributed by atoms with Crippen molar-refractivity contribution in [1.82, 2.24) is 9.88 Å². The summed E-state index contributed by atoms with van der Waals surface area (Å²) in [5.41, 5.74) is 4.41. The van der Waals surface area contributed by atoms with Crippen LogP contribution in [0.15, 0.2) is 72.9 Å². The van der Waals surface area contributed by atoms with E-state index in [2.05, 4.69) is 4.98 Å². The lowest BCUT2D eigenvalue weighted by Gasteiger charge is -2.28. The molecule has 148 valence electrons. The highest BCUT2D eigenvalue weighted by Gasteiger charge is 2.44. The van der Waals surface area contributed by atoms with Crippen LogP contribution in [-0.2, 0) is 6.54 Å². The van der Waals surface area contributed by atoms with Gasteiger partial charge in [0.05, 0.1) is 12.3 Å². The Labute approximate surface area is 171 Å². The minimum atomic E-state index is -0.142. The first-order chi connectivity index (χ1) is 14.1. The van der Waals surface area contributed by atoms with Gasteiger partial charge in [-0.1, -0.05) is 48.5 Å². The van der Waals surface area contributed by atoms with Gasteiger partial charge in [-0.15, -0.1) is 0 Å². The standard InChI is InChI=1S/C25H26N2O2/c1-19-21(23-12-5-6-15-26-23)10-7-11-22(19)24(29)27(17-25(18-28)13-14-25)16-20-8-3-2-4-9-20/h2-12,15,28H,13-14,16-18H2,1H3. The molecule has 0 bridgehead atoms. The van der Waals surface area contributed by atoms with Crippen LogP contribution >= 0.6 is 0 Å². The molecule has 1 aliphatic rings. The number of carbonyl (C=O) groups is 1. The fraction of sp³-hybridized carbons (Fsp3) is 0.280. The van der Waals surface area contributed by atoms with Crippen molar-refractivity contribution < 1.29 is 9.90 Å². The maximum Gasteiger partial charge on any atom is 0.254 e. The predicted molar refractivity (Wildman–Crippen MR) is 114 cm³/mol. The SMILES string of the molecule is Cc1c(C(=O)N(Cc2ccccc2)CC2(CO)CC2)cccc1-c1ccccn1. The van der Waals surface area contributed by atoms with Gasteiger partial charge in [0.15, 0.2) is 0 Å². The summed E-state index contributed by atoms with van der Waals surface area (Å²) in [6, 6.07) is 21.7. The molecule has 1 fully saturated rings. The molecule has 0 atom stereocenters. The number of hydrogen-bond donors (Lipinski definition) is 1. The molecule has 4 nitrogen and oxygen atoms in total. The third kappa shape index (κ3) is 4.22. The van der Waals surface area contributed by atoms with Crippen LogP contribution in [0.3, 0.4) is 0 Å². The molecule has 29 heavy (non-hydrogen) atoms. The Bertz CT molecular complexity index is 982. The zero-order chi connectivity index (χ0) is 20.3. The third-order valence-electron chi connectivity index (χ3n) is 5.83. The quantitative estimate of drug-likeness (QED) is 0.652. The lowest BCUT2D eigenvalue weighted by molar-refractivity contribution is 0.0665. The van der Waals surface area contributed by atoms with E-state index >= 15 is 0 Å². The first kappa shape index (κ1) is 19.3. The highest BCUT2D eigenvalue weighted by atomic mass is 16.3. The van der Waals surface area contributed by atoms with Crippen LogP contribution in [0.4, 0.5) is 0 Å². The number of aliphatic hydroxyl groups excluding tert-OH is 1. The van der Waals surface area contributed by atoms with Gasteiger partial charge in [0, 0.05) is 35.8 Å². The first-order valence-corrected chi connectivity index (χ1v) is 10.1. The van der Waals surface area contributed by atoms with Crippen LogP contribution < -0.4 is 0 Å². The smallest absolute Gasteiger partial charge is 0.254 e. The summed E-state index contributed by atoms with van der Waals surface area (Å²) in [7, 11) is 0. The Balaban J connectivity index is 1.67. The van der Waals surface area contributed by atoms with Gasteiger partial charge in [-0.25, -0.2) is 0 Å². The number of amides is 1. The Morgan fingerprint density at radius 3 is 2.45 bits per heavy atom. The molecule has 0 spiro atoms. The molecule has 0 radical (unpaired) electrons. The third-order valence-corrected chi connectivity index (χ3v) is 5.83. The van der Waals surface area contributed by atoms with E-state index in [0.29, 0.717) is 18.7 Å². The summed E-state index contributed by atoms with van der Waals surface area (Å²) < 4.78 is 0. The molecule has 4 heteroatoms. The van der Waals surface area contributed by atoms with E-state index in [0.717, 1.165) is 35.2 Å². The van der Waals surface area contributed by atoms with Crippen LogP contribution in [0.2, 0.25) is 0 Å². The van der Waals surface area contributed by atoms with Crippen LogP contribution in [0.5, 0.6) is 0 Å². The average molecular weight is 386 g/mol. The van der Waals surface area contributed by atoms with E-state index in [1.54, 1.807) is 6.20 Å². The minimum Gasteiger partial charge on any atom is -0.396 e. The van der Waals surface area contributed by atoms with Gasteiger partial charge < -0.3 is 10.0 Å². The molecule has 1 N–H and O–H groups in total. The summed E-state index contributed by atoms with van der Waals surface area (Å²) >= 11 is 0. The summed E-state index contributed by atoms with van der Waals surface area (Å²) in [6.45, 7) is 3.22. The first-order valence-electron chi connectivity index (χ1n) is 10.1. The molecule has 1 heterocycles. The zero-order valence-corrected chi connectivity index (χ0v) is 16.7. The number of rotatable bonds is 7. The number of carbonyl (C=O) groups excluding carboxylic acids is 1. The van der Waals surface area contributed by atoms with E-state index < -0.39 is 0 Å². The Morgan fingerprint density at radius 1 is 1.03 bits per heavy atom. The fourth-order valence-corrected chi connectivity index (χ4v) is 3.79. The molecule has 0 saturated heterocycles. The molecule has 4 rings (SSSR count). The monoisotopic (exact) mass is 386 g/mol. The van der Waals surface area contributed by atoms with Gasteiger partial charge in [0.25, 0.3) is 5.91 Å². The van der Waals surface area contributed by atoms with Crippen molar-refractivity contribution in [3.8, 4) is 11.3 Å².